The van der Waals surface area contributed by atoms with Gasteiger partial charge in [0.1, 0.15) is 11.6 Å². The first-order valence-corrected chi connectivity index (χ1v) is 9.25. The zero-order valence-corrected chi connectivity index (χ0v) is 16.7. The highest BCUT2D eigenvalue weighted by Gasteiger charge is 2.33. The molecule has 0 saturated carbocycles. The van der Waals surface area contributed by atoms with E-state index in [1.165, 1.54) is 22.8 Å². The fourth-order valence-electron chi connectivity index (χ4n) is 3.22. The molecule has 3 aromatic rings. The largest absolute Gasteiger partial charge is 0.477 e. The van der Waals surface area contributed by atoms with Crippen molar-refractivity contribution in [3.63, 3.8) is 0 Å². The second-order valence-corrected chi connectivity index (χ2v) is 6.88. The summed E-state index contributed by atoms with van der Waals surface area (Å²) < 4.78 is 41.0. The van der Waals surface area contributed by atoms with Gasteiger partial charge in [-0.05, 0) is 25.1 Å². The van der Waals surface area contributed by atoms with E-state index in [-0.39, 0.29) is 40.6 Å². The van der Waals surface area contributed by atoms with Crippen LogP contribution in [0.5, 0.6) is 0 Å². The Morgan fingerprint density at radius 1 is 1.29 bits per heavy atom. The molecule has 0 aliphatic carbocycles. The molecule has 0 aliphatic rings. The molecule has 1 N–H and O–H groups in total. The lowest BCUT2D eigenvalue weighted by Crippen LogP contribution is -2.24. The first-order chi connectivity index (χ1) is 14.6. The van der Waals surface area contributed by atoms with Crippen LogP contribution in [0.3, 0.4) is 0 Å². The smallest absolute Gasteiger partial charge is 0.435 e. The standard InChI is InChI=1S/C20H14ClF3N4O3/c1-2-28-13(10-27-6-5-16(26-27)20(22,23)24)8-15(29)17(19(30)31)18(28)11-3-4-14(21)12(7-11)9-25/h3-8H,2,10H2,1H3,(H,30,31). The van der Waals surface area contributed by atoms with E-state index in [4.69, 9.17) is 11.6 Å². The summed E-state index contributed by atoms with van der Waals surface area (Å²) in [7, 11) is 0. The third-order valence-electron chi connectivity index (χ3n) is 4.54. The first kappa shape index (κ1) is 22.1. The molecular formula is C20H14ClF3N4O3. The highest BCUT2D eigenvalue weighted by Crippen LogP contribution is 2.29. The molecule has 0 bridgehead atoms. The number of halogens is 4. The van der Waals surface area contributed by atoms with Crippen molar-refractivity contribution < 1.29 is 23.1 Å². The number of carbonyl (C=O) groups is 1. The summed E-state index contributed by atoms with van der Waals surface area (Å²) in [6.07, 6.45) is -3.50. The van der Waals surface area contributed by atoms with Crippen LogP contribution < -0.4 is 5.43 Å². The summed E-state index contributed by atoms with van der Waals surface area (Å²) in [6, 6.07) is 7.99. The highest BCUT2D eigenvalue weighted by atomic mass is 35.5. The number of aromatic carboxylic acids is 1. The van der Waals surface area contributed by atoms with Gasteiger partial charge in [0.15, 0.2) is 11.1 Å². The van der Waals surface area contributed by atoms with Crippen LogP contribution >= 0.6 is 11.6 Å². The zero-order valence-electron chi connectivity index (χ0n) is 15.9. The summed E-state index contributed by atoms with van der Waals surface area (Å²) in [5.74, 6) is -1.47. The molecule has 0 fully saturated rings. The Bertz CT molecular complexity index is 1270. The van der Waals surface area contributed by atoms with Crippen molar-refractivity contribution in [2.45, 2.75) is 26.2 Å². The van der Waals surface area contributed by atoms with Crippen LogP contribution in [0.2, 0.25) is 5.02 Å². The fourth-order valence-corrected chi connectivity index (χ4v) is 3.38. The van der Waals surface area contributed by atoms with E-state index in [9.17, 15) is 33.1 Å². The monoisotopic (exact) mass is 450 g/mol. The summed E-state index contributed by atoms with van der Waals surface area (Å²) in [5.41, 5.74) is -1.82. The number of hydrogen-bond donors (Lipinski definition) is 1. The molecule has 1 aromatic carbocycles. The number of aromatic nitrogens is 3. The zero-order chi connectivity index (χ0) is 22.9. The number of nitriles is 1. The Morgan fingerprint density at radius 2 is 2.00 bits per heavy atom. The number of rotatable bonds is 5. The van der Waals surface area contributed by atoms with Crippen LogP contribution in [0, 0.1) is 11.3 Å². The highest BCUT2D eigenvalue weighted by molar-refractivity contribution is 6.31. The maximum Gasteiger partial charge on any atom is 0.435 e. The van der Waals surface area contributed by atoms with Gasteiger partial charge in [0.25, 0.3) is 0 Å². The summed E-state index contributed by atoms with van der Waals surface area (Å²) in [5, 5.41) is 22.5. The topological polar surface area (TPSA) is 101 Å². The van der Waals surface area contributed by atoms with E-state index in [2.05, 4.69) is 5.10 Å². The molecule has 0 radical (unpaired) electrons. The van der Waals surface area contributed by atoms with Crippen molar-refractivity contribution in [3.8, 4) is 17.3 Å². The summed E-state index contributed by atoms with van der Waals surface area (Å²) in [6.45, 7) is 1.68. The average molecular weight is 451 g/mol. The molecule has 0 saturated heterocycles. The Morgan fingerprint density at radius 3 is 2.55 bits per heavy atom. The number of carboxylic acid groups (broad SMARTS) is 1. The molecule has 2 aromatic heterocycles. The van der Waals surface area contributed by atoms with Crippen molar-refractivity contribution >= 4 is 17.6 Å². The lowest BCUT2D eigenvalue weighted by Gasteiger charge is -2.20. The van der Waals surface area contributed by atoms with E-state index in [0.29, 0.717) is 0 Å². The number of alkyl halides is 3. The molecule has 0 atom stereocenters. The van der Waals surface area contributed by atoms with Crippen molar-refractivity contribution in [2.24, 2.45) is 0 Å². The van der Waals surface area contributed by atoms with Gasteiger partial charge in [0, 0.05) is 30.1 Å². The van der Waals surface area contributed by atoms with Crippen LogP contribution in [0.15, 0.2) is 41.3 Å². The van der Waals surface area contributed by atoms with Crippen LogP contribution in [0.25, 0.3) is 11.3 Å². The van der Waals surface area contributed by atoms with Crippen LogP contribution in [0.1, 0.15) is 34.2 Å². The van der Waals surface area contributed by atoms with Crippen molar-refractivity contribution in [3.05, 3.63) is 74.3 Å². The molecule has 31 heavy (non-hydrogen) atoms. The number of carboxylic acids is 1. The van der Waals surface area contributed by atoms with Gasteiger partial charge in [-0.1, -0.05) is 17.7 Å². The van der Waals surface area contributed by atoms with E-state index in [1.807, 2.05) is 6.07 Å². The number of pyridine rings is 1. The van der Waals surface area contributed by atoms with Gasteiger partial charge < -0.3 is 9.67 Å². The van der Waals surface area contributed by atoms with E-state index < -0.39 is 28.8 Å². The first-order valence-electron chi connectivity index (χ1n) is 8.87. The van der Waals surface area contributed by atoms with E-state index >= 15 is 0 Å². The molecule has 160 valence electrons. The molecule has 0 unspecified atom stereocenters. The molecule has 0 spiro atoms. The lowest BCUT2D eigenvalue weighted by molar-refractivity contribution is -0.141. The maximum atomic E-state index is 12.8. The minimum Gasteiger partial charge on any atom is -0.477 e. The second kappa shape index (κ2) is 8.28. The molecule has 3 rings (SSSR count). The van der Waals surface area contributed by atoms with Gasteiger partial charge in [-0.15, -0.1) is 0 Å². The van der Waals surface area contributed by atoms with Crippen molar-refractivity contribution in [1.82, 2.24) is 14.3 Å². The molecule has 7 nitrogen and oxygen atoms in total. The summed E-state index contributed by atoms with van der Waals surface area (Å²) in [4.78, 5) is 24.5. The maximum absolute atomic E-state index is 12.8. The normalized spacial score (nSPS) is 11.4. The molecular weight excluding hydrogens is 437 g/mol. The number of benzene rings is 1. The van der Waals surface area contributed by atoms with Crippen LogP contribution in [0.4, 0.5) is 13.2 Å². The summed E-state index contributed by atoms with van der Waals surface area (Å²) >= 11 is 5.96. The van der Waals surface area contributed by atoms with Gasteiger partial charge in [0.2, 0.25) is 0 Å². The van der Waals surface area contributed by atoms with Crippen molar-refractivity contribution in [2.75, 3.05) is 0 Å². The minimum absolute atomic E-state index is 0.0221. The SMILES string of the molecule is CCn1c(Cn2ccc(C(F)(F)F)n2)cc(=O)c(C(=O)O)c1-c1ccc(Cl)c(C#N)c1. The Hall–Kier alpha value is -3.58. The van der Waals surface area contributed by atoms with E-state index in [1.54, 1.807) is 6.92 Å². The van der Waals surface area contributed by atoms with Gasteiger partial charge in [-0.25, -0.2) is 4.79 Å². The van der Waals surface area contributed by atoms with Crippen LogP contribution in [-0.4, -0.2) is 25.4 Å². The molecule has 0 amide bonds. The predicted molar refractivity (Wildman–Crippen MR) is 105 cm³/mol. The number of nitrogens with zero attached hydrogens (tertiary/aromatic N) is 4. The molecule has 2 heterocycles. The number of hydrogen-bond acceptors (Lipinski definition) is 4. The average Bonchev–Trinajstić information content (AvgIpc) is 3.16. The fraction of sp³-hybridized carbons (Fsp3) is 0.200. The minimum atomic E-state index is -4.62. The van der Waals surface area contributed by atoms with Gasteiger partial charge in [0.05, 0.1) is 22.8 Å². The second-order valence-electron chi connectivity index (χ2n) is 6.48. The Kier molecular flexibility index (Phi) is 5.90. The molecule has 11 heteroatoms. The third-order valence-corrected chi connectivity index (χ3v) is 4.87. The Labute approximate surface area is 178 Å². The predicted octanol–water partition coefficient (Wildman–Crippen LogP) is 4.02. The molecule has 0 aliphatic heterocycles. The lowest BCUT2D eigenvalue weighted by atomic mass is 10.0. The van der Waals surface area contributed by atoms with E-state index in [0.717, 1.165) is 23.0 Å². The van der Waals surface area contributed by atoms with Gasteiger partial charge >= 0.3 is 12.1 Å². The Balaban J connectivity index is 2.24. The van der Waals surface area contributed by atoms with Crippen LogP contribution in [-0.2, 0) is 19.3 Å². The third kappa shape index (κ3) is 4.32. The van der Waals surface area contributed by atoms with Gasteiger partial charge in [-0.2, -0.15) is 23.5 Å². The van der Waals surface area contributed by atoms with Gasteiger partial charge in [-0.3, -0.25) is 9.48 Å². The quantitative estimate of drug-likeness (QED) is 0.632. The van der Waals surface area contributed by atoms with Crippen molar-refractivity contribution in [1.29, 1.82) is 5.26 Å².